The maximum atomic E-state index is 16.8. The molecule has 4 aromatic rings. The van der Waals surface area contributed by atoms with E-state index in [1.54, 1.807) is 12.3 Å². The van der Waals surface area contributed by atoms with E-state index >= 15 is 8.78 Å². The van der Waals surface area contributed by atoms with Crippen LogP contribution in [0.25, 0.3) is 32.9 Å². The summed E-state index contributed by atoms with van der Waals surface area (Å²) in [4.78, 5) is 18.8. The van der Waals surface area contributed by atoms with Crippen molar-refractivity contribution < 1.29 is 18.6 Å². The molecule has 4 aliphatic heterocycles. The predicted molar refractivity (Wildman–Crippen MR) is 172 cm³/mol. The second kappa shape index (κ2) is 10.2. The molecule has 0 radical (unpaired) electrons. The molecule has 1 aliphatic carbocycles. The number of nitrogens with one attached hydrogen (secondary N) is 1. The van der Waals surface area contributed by atoms with Gasteiger partial charge in [-0.2, -0.15) is 9.97 Å². The summed E-state index contributed by atoms with van der Waals surface area (Å²) in [7, 11) is 0. The number of piperazine rings is 1. The van der Waals surface area contributed by atoms with E-state index in [4.69, 9.17) is 9.72 Å². The molecule has 8 nitrogen and oxygen atoms in total. The van der Waals surface area contributed by atoms with Crippen LogP contribution in [0.2, 0.25) is 0 Å². The Morgan fingerprint density at radius 1 is 1.09 bits per heavy atom. The zero-order chi connectivity index (χ0) is 30.5. The van der Waals surface area contributed by atoms with E-state index < -0.39 is 11.5 Å². The van der Waals surface area contributed by atoms with Gasteiger partial charge in [-0.05, 0) is 75.1 Å². The summed E-state index contributed by atoms with van der Waals surface area (Å²) in [6.45, 7) is 2.65. The molecule has 6 heterocycles. The number of ether oxygens (including phenoxy) is 1. The van der Waals surface area contributed by atoms with Gasteiger partial charge in [0.25, 0.3) is 0 Å². The van der Waals surface area contributed by atoms with Crippen LogP contribution in [-0.4, -0.2) is 80.5 Å². The number of aromatic hydroxyl groups is 1. The lowest BCUT2D eigenvalue weighted by molar-refractivity contribution is 0.0811. The third-order valence-corrected chi connectivity index (χ3v) is 11.8. The Balaban J connectivity index is 1.15. The molecular weight excluding hydrogens is 642 g/mol. The molecule has 11 heteroatoms. The monoisotopic (exact) mass is 676 g/mol. The normalized spacial score (nSPS) is 30.8. The van der Waals surface area contributed by atoms with Crippen molar-refractivity contribution in [1.82, 2.24) is 25.2 Å². The summed E-state index contributed by atoms with van der Waals surface area (Å²) in [5, 5.41) is 16.2. The van der Waals surface area contributed by atoms with E-state index in [0.717, 1.165) is 73.4 Å². The number of halogens is 3. The lowest BCUT2D eigenvalue weighted by Gasteiger charge is -2.35. The van der Waals surface area contributed by atoms with Gasteiger partial charge in [0.1, 0.15) is 35.1 Å². The van der Waals surface area contributed by atoms with Crippen LogP contribution in [0.4, 0.5) is 14.6 Å². The number of rotatable bonds is 5. The Hall–Kier alpha value is -3.15. The van der Waals surface area contributed by atoms with E-state index in [1.807, 2.05) is 18.2 Å². The Morgan fingerprint density at radius 3 is 2.78 bits per heavy atom. The third-order valence-electron chi connectivity index (χ3n) is 11.1. The number of aromatic nitrogens is 3. The Kier molecular flexibility index (Phi) is 6.35. The topological polar surface area (TPSA) is 86.6 Å². The number of anilines is 1. The van der Waals surface area contributed by atoms with Gasteiger partial charge in [-0.3, -0.25) is 9.88 Å². The molecule has 0 spiro atoms. The van der Waals surface area contributed by atoms with Crippen molar-refractivity contribution in [2.75, 3.05) is 31.1 Å². The number of nitrogens with zero attached hydrogens (tertiary/aromatic N) is 5. The minimum absolute atomic E-state index is 0.0212. The second-order valence-corrected chi connectivity index (χ2v) is 14.7. The molecule has 234 valence electrons. The van der Waals surface area contributed by atoms with Crippen LogP contribution >= 0.6 is 15.9 Å². The molecular formula is C34H35BrF2N6O2. The summed E-state index contributed by atoms with van der Waals surface area (Å²) in [6, 6.07) is 9.56. The third kappa shape index (κ3) is 4.36. The summed E-state index contributed by atoms with van der Waals surface area (Å²) in [6.07, 6.45) is 8.61. The van der Waals surface area contributed by atoms with E-state index in [0.29, 0.717) is 41.7 Å². The molecule has 0 amide bonds. The van der Waals surface area contributed by atoms with Crippen LogP contribution in [0.3, 0.4) is 0 Å². The van der Waals surface area contributed by atoms with Crippen molar-refractivity contribution >= 4 is 43.4 Å². The van der Waals surface area contributed by atoms with Gasteiger partial charge in [-0.1, -0.05) is 28.1 Å². The maximum Gasteiger partial charge on any atom is 0.319 e. The number of pyridine rings is 1. The molecule has 2 bridgehead atoms. The van der Waals surface area contributed by atoms with E-state index in [1.165, 1.54) is 6.07 Å². The molecule has 1 saturated carbocycles. The van der Waals surface area contributed by atoms with E-state index in [-0.39, 0.29) is 41.2 Å². The van der Waals surface area contributed by atoms with Crippen molar-refractivity contribution in [3.8, 4) is 23.0 Å². The van der Waals surface area contributed by atoms with Gasteiger partial charge in [-0.15, -0.1) is 0 Å². The zero-order valence-electron chi connectivity index (χ0n) is 24.9. The first-order valence-corrected chi connectivity index (χ1v) is 17.0. The SMILES string of the molecule is Oc1cc(-c2ncc3c(N4CC5CCC(C4)N5)nc(OC[C@]45CCCN4[C@@H]4CCC[C@]4(F)C5)nc3c2F)c2c(Br)cccc2c1. The lowest BCUT2D eigenvalue weighted by Crippen LogP contribution is -2.51. The van der Waals surface area contributed by atoms with Gasteiger partial charge in [0.2, 0.25) is 0 Å². The quantitative estimate of drug-likeness (QED) is 0.256. The first-order valence-electron chi connectivity index (χ1n) is 16.2. The minimum Gasteiger partial charge on any atom is -0.508 e. The number of fused-ring (bicyclic) bond motifs is 7. The zero-order valence-corrected chi connectivity index (χ0v) is 26.5. The Morgan fingerprint density at radius 2 is 1.93 bits per heavy atom. The van der Waals surface area contributed by atoms with Gasteiger partial charge in [0.05, 0.1) is 10.9 Å². The number of phenols is 1. The van der Waals surface area contributed by atoms with E-state index in [2.05, 4.69) is 41.0 Å². The van der Waals surface area contributed by atoms with Crippen LogP contribution in [0.1, 0.15) is 51.4 Å². The fourth-order valence-electron chi connectivity index (χ4n) is 9.28. The van der Waals surface area contributed by atoms with Gasteiger partial charge in [0, 0.05) is 59.3 Å². The average Bonchev–Trinajstić information content (AvgIpc) is 3.74. The molecule has 5 aliphatic rings. The number of alkyl halides is 1. The predicted octanol–water partition coefficient (Wildman–Crippen LogP) is 6.27. The number of hydrogen-bond acceptors (Lipinski definition) is 8. The van der Waals surface area contributed by atoms with Crippen LogP contribution < -0.4 is 15.0 Å². The van der Waals surface area contributed by atoms with Crippen molar-refractivity contribution in [3.63, 3.8) is 0 Å². The van der Waals surface area contributed by atoms with Gasteiger partial charge in [-0.25, -0.2) is 8.78 Å². The van der Waals surface area contributed by atoms with Crippen LogP contribution in [0.5, 0.6) is 11.8 Å². The van der Waals surface area contributed by atoms with Gasteiger partial charge >= 0.3 is 6.01 Å². The van der Waals surface area contributed by atoms with Gasteiger partial charge in [0.15, 0.2) is 5.82 Å². The highest BCUT2D eigenvalue weighted by Crippen LogP contribution is 2.55. The van der Waals surface area contributed by atoms with Crippen LogP contribution in [-0.2, 0) is 0 Å². The highest BCUT2D eigenvalue weighted by molar-refractivity contribution is 9.10. The Bertz CT molecular complexity index is 1850. The van der Waals surface area contributed by atoms with Crippen molar-refractivity contribution in [2.24, 2.45) is 0 Å². The number of benzene rings is 2. The largest absolute Gasteiger partial charge is 0.508 e. The molecule has 2 unspecified atom stereocenters. The standard InChI is InChI=1S/C34H35BrF2N6O2/c35-25-5-1-4-19-12-22(44)13-23(27(19)25)29-28(36)30-24(14-38-29)31(42-15-20-7-8-21(16-42)39-20)41-32(40-30)45-18-33-9-3-11-43(33)26-6-2-10-34(26,37)17-33/h1,4-5,12-14,20-21,26,39,44H,2-3,6-11,15-18H2/t20?,21?,26-,33-,34+/m1/s1. The molecule has 9 rings (SSSR count). The van der Waals surface area contributed by atoms with Crippen molar-refractivity contribution in [1.29, 1.82) is 0 Å². The van der Waals surface area contributed by atoms with Crippen molar-refractivity contribution in [2.45, 2.75) is 80.7 Å². The average molecular weight is 678 g/mol. The Labute approximate surface area is 268 Å². The molecule has 2 N–H and O–H groups in total. The molecule has 2 aromatic carbocycles. The highest BCUT2D eigenvalue weighted by Gasteiger charge is 2.63. The van der Waals surface area contributed by atoms with Crippen LogP contribution in [0.15, 0.2) is 41.0 Å². The molecule has 5 fully saturated rings. The lowest BCUT2D eigenvalue weighted by atomic mass is 9.88. The van der Waals surface area contributed by atoms with Crippen LogP contribution in [0, 0.1) is 5.82 Å². The molecule has 5 atom stereocenters. The summed E-state index contributed by atoms with van der Waals surface area (Å²) in [5.74, 6) is 0.0350. The first kappa shape index (κ1) is 28.1. The fourth-order valence-corrected chi connectivity index (χ4v) is 9.88. The summed E-state index contributed by atoms with van der Waals surface area (Å²) in [5.41, 5.74) is -0.868. The number of phenolic OH excluding ortho intramolecular Hbond substituents is 1. The molecule has 45 heavy (non-hydrogen) atoms. The first-order chi connectivity index (χ1) is 21.8. The summed E-state index contributed by atoms with van der Waals surface area (Å²) >= 11 is 3.61. The van der Waals surface area contributed by atoms with E-state index in [9.17, 15) is 5.11 Å². The molecule has 4 saturated heterocycles. The smallest absolute Gasteiger partial charge is 0.319 e. The van der Waals surface area contributed by atoms with Gasteiger partial charge < -0.3 is 20.1 Å². The van der Waals surface area contributed by atoms with Crippen molar-refractivity contribution in [3.05, 3.63) is 46.8 Å². The highest BCUT2D eigenvalue weighted by atomic mass is 79.9. The summed E-state index contributed by atoms with van der Waals surface area (Å²) < 4.78 is 40.0. The fraction of sp³-hybridized carbons (Fsp3) is 0.500. The molecule has 2 aromatic heterocycles. The minimum atomic E-state index is -1.16. The second-order valence-electron chi connectivity index (χ2n) is 13.8. The number of hydrogen-bond donors (Lipinski definition) is 2. The maximum absolute atomic E-state index is 16.8.